The Labute approximate surface area is 184 Å². The van der Waals surface area contributed by atoms with Crippen LogP contribution in [0.25, 0.3) is 11.3 Å². The van der Waals surface area contributed by atoms with Crippen LogP contribution in [-0.2, 0) is 16.1 Å². The van der Waals surface area contributed by atoms with Gasteiger partial charge in [0.15, 0.2) is 5.13 Å². The van der Waals surface area contributed by atoms with Gasteiger partial charge in [0.1, 0.15) is 0 Å². The molecule has 2 N–H and O–H groups in total. The Morgan fingerprint density at radius 3 is 2.63 bits per heavy atom. The molecule has 0 saturated heterocycles. The lowest BCUT2D eigenvalue weighted by molar-refractivity contribution is -0.114. The normalized spacial score (nSPS) is 10.6. The number of hydrogen-bond donors (Lipinski definition) is 2. The van der Waals surface area contributed by atoms with Crippen molar-refractivity contribution in [2.24, 2.45) is 0 Å². The number of allylic oxidation sites excluding steroid dienone is 1. The van der Waals surface area contributed by atoms with Crippen molar-refractivity contribution in [2.45, 2.75) is 32.2 Å². The summed E-state index contributed by atoms with van der Waals surface area (Å²) in [4.78, 5) is 28.9. The molecule has 6 nitrogen and oxygen atoms in total. The van der Waals surface area contributed by atoms with Gasteiger partial charge in [0.2, 0.25) is 11.8 Å². The number of benzene rings is 1. The van der Waals surface area contributed by atoms with Gasteiger partial charge in [-0.1, -0.05) is 6.08 Å². The molecule has 0 aliphatic carbocycles. The highest BCUT2D eigenvalue weighted by Crippen LogP contribution is 2.30. The quantitative estimate of drug-likeness (QED) is 0.377. The van der Waals surface area contributed by atoms with Crippen molar-refractivity contribution in [1.82, 2.24) is 9.55 Å². The molecule has 30 heavy (non-hydrogen) atoms. The van der Waals surface area contributed by atoms with Crippen LogP contribution in [0.2, 0.25) is 0 Å². The molecule has 2 aromatic heterocycles. The van der Waals surface area contributed by atoms with Gasteiger partial charge in [-0.05, 0) is 44.2 Å². The van der Waals surface area contributed by atoms with Crippen LogP contribution >= 0.6 is 23.1 Å². The average molecular weight is 441 g/mol. The van der Waals surface area contributed by atoms with Gasteiger partial charge in [-0.2, -0.15) is 0 Å². The predicted octanol–water partition coefficient (Wildman–Crippen LogP) is 5.10. The molecule has 0 spiro atoms. The summed E-state index contributed by atoms with van der Waals surface area (Å²) in [7, 11) is 0. The average Bonchev–Trinajstić information content (AvgIpc) is 3.27. The maximum absolute atomic E-state index is 12.3. The minimum absolute atomic E-state index is 0.107. The first kappa shape index (κ1) is 21.9. The van der Waals surface area contributed by atoms with Crippen LogP contribution in [0.5, 0.6) is 0 Å². The maximum atomic E-state index is 12.3. The number of nitrogens with zero attached hydrogens (tertiary/aromatic N) is 2. The smallest absolute Gasteiger partial charge is 0.236 e. The number of thioether (sulfide) groups is 1. The Morgan fingerprint density at radius 2 is 1.97 bits per heavy atom. The molecule has 8 heteroatoms. The molecular formula is C22H24N4O2S2. The molecule has 2 amide bonds. The molecule has 0 saturated carbocycles. The molecule has 1 aromatic carbocycles. The predicted molar refractivity (Wildman–Crippen MR) is 125 cm³/mol. The highest BCUT2D eigenvalue weighted by molar-refractivity contribution is 8.00. The minimum atomic E-state index is -0.111. The third-order valence-electron chi connectivity index (χ3n) is 4.46. The molecule has 2 heterocycles. The first-order valence-electron chi connectivity index (χ1n) is 9.41. The molecular weight excluding hydrogens is 416 g/mol. The second-order valence-corrected chi connectivity index (χ2v) is 8.67. The number of carbonyl (C=O) groups excluding carboxylic acids is 2. The zero-order chi connectivity index (χ0) is 21.7. The van der Waals surface area contributed by atoms with Crippen LogP contribution < -0.4 is 10.6 Å². The van der Waals surface area contributed by atoms with Crippen LogP contribution in [-0.4, -0.2) is 27.1 Å². The molecule has 0 fully saturated rings. The number of rotatable bonds is 8. The fourth-order valence-corrected chi connectivity index (χ4v) is 4.49. The standard InChI is InChI=1S/C22H24N4O2S2/c1-5-10-26-14(2)11-19(15(26)3)20-12-30-22(24-20)25-21(28)13-29-18-8-6-17(7-9-18)23-16(4)27/h5-9,11-12H,1,10,13H2,2-4H3,(H,23,27)(H,24,25,28). The van der Waals surface area contributed by atoms with Crippen LogP contribution in [0.15, 0.2) is 53.3 Å². The lowest BCUT2D eigenvalue weighted by Crippen LogP contribution is -2.13. The van der Waals surface area contributed by atoms with E-state index < -0.39 is 0 Å². The highest BCUT2D eigenvalue weighted by Gasteiger charge is 2.14. The summed E-state index contributed by atoms with van der Waals surface area (Å²) in [6.07, 6.45) is 1.88. The van der Waals surface area contributed by atoms with E-state index in [1.54, 1.807) is 0 Å². The number of amides is 2. The summed E-state index contributed by atoms with van der Waals surface area (Å²) in [5.41, 5.74) is 4.95. The summed E-state index contributed by atoms with van der Waals surface area (Å²) < 4.78 is 2.19. The minimum Gasteiger partial charge on any atom is -0.345 e. The fourth-order valence-electron chi connectivity index (χ4n) is 3.07. The molecule has 0 radical (unpaired) electrons. The van der Waals surface area contributed by atoms with Crippen LogP contribution in [0.1, 0.15) is 18.3 Å². The molecule has 3 aromatic rings. The van der Waals surface area contributed by atoms with E-state index in [-0.39, 0.29) is 17.6 Å². The Kier molecular flexibility index (Phi) is 7.12. The van der Waals surface area contributed by atoms with Crippen molar-refractivity contribution >= 4 is 45.7 Å². The van der Waals surface area contributed by atoms with Gasteiger partial charge in [-0.15, -0.1) is 29.7 Å². The summed E-state index contributed by atoms with van der Waals surface area (Å²) in [5.74, 6) is 0.0617. The number of anilines is 2. The van der Waals surface area contributed by atoms with E-state index >= 15 is 0 Å². The van der Waals surface area contributed by atoms with Crippen LogP contribution in [0.4, 0.5) is 10.8 Å². The van der Waals surface area contributed by atoms with E-state index in [4.69, 9.17) is 0 Å². The molecule has 0 aliphatic heterocycles. The third-order valence-corrected chi connectivity index (χ3v) is 6.23. The summed E-state index contributed by atoms with van der Waals surface area (Å²) >= 11 is 2.85. The van der Waals surface area contributed by atoms with E-state index in [0.717, 1.165) is 39.8 Å². The zero-order valence-electron chi connectivity index (χ0n) is 17.2. The lowest BCUT2D eigenvalue weighted by Gasteiger charge is -2.05. The van der Waals surface area contributed by atoms with Gasteiger partial charge in [0.25, 0.3) is 0 Å². The van der Waals surface area contributed by atoms with E-state index in [1.807, 2.05) is 35.7 Å². The second-order valence-electron chi connectivity index (χ2n) is 6.76. The Bertz CT molecular complexity index is 1070. The fraction of sp³-hybridized carbons (Fsp3) is 0.227. The summed E-state index contributed by atoms with van der Waals surface area (Å²) in [6.45, 7) is 10.2. The van der Waals surface area contributed by atoms with Crippen molar-refractivity contribution in [3.8, 4) is 11.3 Å². The summed E-state index contributed by atoms with van der Waals surface area (Å²) in [5, 5.41) is 8.14. The van der Waals surface area contributed by atoms with E-state index in [9.17, 15) is 9.59 Å². The Morgan fingerprint density at radius 1 is 1.23 bits per heavy atom. The number of thiazole rings is 1. The van der Waals surface area contributed by atoms with Crippen LogP contribution in [0.3, 0.4) is 0 Å². The van der Waals surface area contributed by atoms with Crippen molar-refractivity contribution in [3.05, 3.63) is 59.8 Å². The SMILES string of the molecule is C=CCn1c(C)cc(-c2csc(NC(=O)CSc3ccc(NC(C)=O)cc3)n2)c1C. The molecule has 0 atom stereocenters. The molecule has 0 unspecified atom stereocenters. The topological polar surface area (TPSA) is 76.0 Å². The van der Waals surface area contributed by atoms with Gasteiger partial charge in [0, 0.05) is 46.4 Å². The number of aromatic nitrogens is 2. The molecule has 0 aliphatic rings. The molecule has 3 rings (SSSR count). The number of carbonyl (C=O) groups is 2. The highest BCUT2D eigenvalue weighted by atomic mass is 32.2. The van der Waals surface area contributed by atoms with E-state index in [2.05, 4.69) is 46.7 Å². The first-order valence-corrected chi connectivity index (χ1v) is 11.3. The van der Waals surface area contributed by atoms with Gasteiger partial charge in [-0.3, -0.25) is 9.59 Å². The lowest BCUT2D eigenvalue weighted by atomic mass is 10.2. The number of aryl methyl sites for hydroxylation is 1. The van der Waals surface area contributed by atoms with E-state index in [0.29, 0.717) is 5.13 Å². The Hall–Kier alpha value is -2.84. The van der Waals surface area contributed by atoms with Gasteiger partial charge < -0.3 is 15.2 Å². The molecule has 0 bridgehead atoms. The number of hydrogen-bond acceptors (Lipinski definition) is 5. The van der Waals surface area contributed by atoms with E-state index in [1.165, 1.54) is 30.0 Å². The van der Waals surface area contributed by atoms with Crippen molar-refractivity contribution < 1.29 is 9.59 Å². The zero-order valence-corrected chi connectivity index (χ0v) is 18.8. The number of nitrogens with one attached hydrogen (secondary N) is 2. The maximum Gasteiger partial charge on any atom is 0.236 e. The first-order chi connectivity index (χ1) is 14.4. The van der Waals surface area contributed by atoms with Gasteiger partial charge >= 0.3 is 0 Å². The largest absolute Gasteiger partial charge is 0.345 e. The van der Waals surface area contributed by atoms with Crippen molar-refractivity contribution in [3.63, 3.8) is 0 Å². The molecule has 156 valence electrons. The van der Waals surface area contributed by atoms with Gasteiger partial charge in [-0.25, -0.2) is 4.98 Å². The van der Waals surface area contributed by atoms with Crippen molar-refractivity contribution in [1.29, 1.82) is 0 Å². The monoisotopic (exact) mass is 440 g/mol. The van der Waals surface area contributed by atoms with Gasteiger partial charge in [0.05, 0.1) is 11.4 Å². The summed E-state index contributed by atoms with van der Waals surface area (Å²) in [6, 6.07) is 9.50. The van der Waals surface area contributed by atoms with Crippen LogP contribution in [0, 0.1) is 13.8 Å². The third kappa shape index (κ3) is 5.40. The van der Waals surface area contributed by atoms with Crippen molar-refractivity contribution in [2.75, 3.05) is 16.4 Å². The second kappa shape index (κ2) is 9.77. The Balaban J connectivity index is 1.58.